The quantitative estimate of drug-likeness (QED) is 0.615. The molecule has 2 nitrogen and oxygen atoms in total. The van der Waals surface area contributed by atoms with Crippen LogP contribution in [0.5, 0.6) is 0 Å². The van der Waals surface area contributed by atoms with Crippen LogP contribution in [0.25, 0.3) is 0 Å². The number of nitrogens with zero attached hydrogens (tertiary/aromatic N) is 1. The first-order chi connectivity index (χ1) is 7.15. The van der Waals surface area contributed by atoms with Gasteiger partial charge in [-0.1, -0.05) is 19.1 Å². The molecule has 0 radical (unpaired) electrons. The van der Waals surface area contributed by atoms with Crippen LogP contribution in [0, 0.1) is 9.49 Å². The molecule has 1 aromatic rings. The van der Waals surface area contributed by atoms with Crippen LogP contribution in [0.3, 0.4) is 0 Å². The molecule has 0 heterocycles. The lowest BCUT2D eigenvalue weighted by atomic mass is 10.1. The largest absolute Gasteiger partial charge is 0.374 e. The molecule has 0 saturated carbocycles. The van der Waals surface area contributed by atoms with Crippen LogP contribution in [-0.4, -0.2) is 19.9 Å². The van der Waals surface area contributed by atoms with Crippen molar-refractivity contribution in [2.24, 2.45) is 5.92 Å². The number of carbonyl (C=O) groups is 1. The van der Waals surface area contributed by atoms with Crippen LogP contribution >= 0.6 is 22.6 Å². The number of halogens is 1. The lowest BCUT2D eigenvalue weighted by Gasteiger charge is -2.21. The summed E-state index contributed by atoms with van der Waals surface area (Å²) >= 11 is 2.33. The summed E-state index contributed by atoms with van der Waals surface area (Å²) in [6.07, 6.45) is 1.93. The van der Waals surface area contributed by atoms with E-state index < -0.39 is 0 Å². The normalized spacial score (nSPS) is 12.2. The van der Waals surface area contributed by atoms with Gasteiger partial charge in [0.15, 0.2) is 0 Å². The Hall–Kier alpha value is -0.580. The Labute approximate surface area is 105 Å². The first-order valence-electron chi connectivity index (χ1n) is 5.06. The molecule has 1 atom stereocenters. The van der Waals surface area contributed by atoms with Gasteiger partial charge in [0.05, 0.1) is 0 Å². The Morgan fingerprint density at radius 3 is 2.73 bits per heavy atom. The van der Waals surface area contributed by atoms with Crippen molar-refractivity contribution >= 4 is 34.6 Å². The highest BCUT2D eigenvalue weighted by Crippen LogP contribution is 2.21. The molecule has 15 heavy (non-hydrogen) atoms. The van der Waals surface area contributed by atoms with E-state index in [2.05, 4.69) is 46.7 Å². The van der Waals surface area contributed by atoms with Gasteiger partial charge < -0.3 is 9.69 Å². The third-order valence-corrected chi connectivity index (χ3v) is 3.33. The SMILES string of the molecule is CC(C=O)CCN(C)c1ccccc1I. The average molecular weight is 317 g/mol. The summed E-state index contributed by atoms with van der Waals surface area (Å²) in [5.74, 6) is 0.147. The van der Waals surface area contributed by atoms with Crippen molar-refractivity contribution in [2.75, 3.05) is 18.5 Å². The molecule has 0 aliphatic rings. The highest BCUT2D eigenvalue weighted by Gasteiger charge is 2.06. The van der Waals surface area contributed by atoms with Crippen LogP contribution in [0.2, 0.25) is 0 Å². The maximum Gasteiger partial charge on any atom is 0.122 e. The average Bonchev–Trinajstić information content (AvgIpc) is 2.26. The minimum Gasteiger partial charge on any atom is -0.374 e. The number of benzene rings is 1. The van der Waals surface area contributed by atoms with Gasteiger partial charge in [0, 0.05) is 28.8 Å². The fourth-order valence-corrected chi connectivity index (χ4v) is 2.15. The fraction of sp³-hybridized carbons (Fsp3) is 0.417. The first kappa shape index (κ1) is 12.5. The van der Waals surface area contributed by atoms with Crippen LogP contribution in [0.1, 0.15) is 13.3 Å². The Morgan fingerprint density at radius 1 is 1.47 bits per heavy atom. The molecule has 0 aromatic heterocycles. The van der Waals surface area contributed by atoms with Gasteiger partial charge in [-0.2, -0.15) is 0 Å². The second-order valence-electron chi connectivity index (χ2n) is 3.78. The van der Waals surface area contributed by atoms with Gasteiger partial charge in [0.2, 0.25) is 0 Å². The molecule has 0 spiro atoms. The van der Waals surface area contributed by atoms with Crippen molar-refractivity contribution < 1.29 is 4.79 Å². The van der Waals surface area contributed by atoms with Crippen LogP contribution in [0.4, 0.5) is 5.69 Å². The highest BCUT2D eigenvalue weighted by molar-refractivity contribution is 14.1. The number of aldehydes is 1. The fourth-order valence-electron chi connectivity index (χ4n) is 1.35. The van der Waals surface area contributed by atoms with Crippen molar-refractivity contribution in [3.63, 3.8) is 0 Å². The molecule has 0 fully saturated rings. The summed E-state index contributed by atoms with van der Waals surface area (Å²) in [7, 11) is 2.06. The molecule has 0 saturated heterocycles. The van der Waals surface area contributed by atoms with E-state index in [1.54, 1.807) is 0 Å². The van der Waals surface area contributed by atoms with Gasteiger partial charge in [0.25, 0.3) is 0 Å². The topological polar surface area (TPSA) is 20.3 Å². The van der Waals surface area contributed by atoms with Gasteiger partial charge in [-0.05, 0) is 41.1 Å². The van der Waals surface area contributed by atoms with Crippen molar-refractivity contribution in [1.29, 1.82) is 0 Å². The minimum atomic E-state index is 0.147. The zero-order valence-corrected chi connectivity index (χ0v) is 11.3. The van der Waals surface area contributed by atoms with E-state index in [-0.39, 0.29) is 5.92 Å². The second-order valence-corrected chi connectivity index (χ2v) is 4.94. The number of hydrogen-bond donors (Lipinski definition) is 0. The molecule has 0 bridgehead atoms. The zero-order valence-electron chi connectivity index (χ0n) is 9.11. The first-order valence-corrected chi connectivity index (χ1v) is 6.14. The Kier molecular flexibility index (Phi) is 5.08. The molecule has 1 rings (SSSR count). The van der Waals surface area contributed by atoms with Crippen molar-refractivity contribution in [3.05, 3.63) is 27.8 Å². The number of para-hydroxylation sites is 1. The van der Waals surface area contributed by atoms with Crippen molar-refractivity contribution in [2.45, 2.75) is 13.3 Å². The molecule has 3 heteroatoms. The standard InChI is InChI=1S/C12H16INO/c1-10(9-15)7-8-14(2)12-6-4-3-5-11(12)13/h3-6,9-10H,7-8H2,1-2H3. The summed E-state index contributed by atoms with van der Waals surface area (Å²) in [6.45, 7) is 2.87. The number of carbonyl (C=O) groups excluding carboxylic acids is 1. The van der Waals surface area contributed by atoms with E-state index in [1.807, 2.05) is 19.1 Å². The van der Waals surface area contributed by atoms with E-state index in [9.17, 15) is 4.79 Å². The van der Waals surface area contributed by atoms with Crippen molar-refractivity contribution in [3.8, 4) is 0 Å². The lowest BCUT2D eigenvalue weighted by molar-refractivity contribution is -0.110. The third kappa shape index (κ3) is 3.81. The summed E-state index contributed by atoms with van der Waals surface area (Å²) in [5.41, 5.74) is 1.23. The maximum atomic E-state index is 10.5. The van der Waals surface area contributed by atoms with Crippen molar-refractivity contribution in [1.82, 2.24) is 0 Å². The van der Waals surface area contributed by atoms with E-state index in [0.29, 0.717) is 0 Å². The number of hydrogen-bond acceptors (Lipinski definition) is 2. The molecular weight excluding hydrogens is 301 g/mol. The molecular formula is C12H16INO. The molecule has 0 aliphatic heterocycles. The summed E-state index contributed by atoms with van der Waals surface area (Å²) in [4.78, 5) is 12.7. The second kappa shape index (κ2) is 6.10. The number of anilines is 1. The van der Waals surface area contributed by atoms with Gasteiger partial charge in [0.1, 0.15) is 6.29 Å². The van der Waals surface area contributed by atoms with Gasteiger partial charge in [-0.3, -0.25) is 0 Å². The van der Waals surface area contributed by atoms with Gasteiger partial charge in [-0.25, -0.2) is 0 Å². The maximum absolute atomic E-state index is 10.5. The zero-order chi connectivity index (χ0) is 11.3. The molecule has 1 unspecified atom stereocenters. The minimum absolute atomic E-state index is 0.147. The van der Waals surface area contributed by atoms with E-state index in [4.69, 9.17) is 0 Å². The molecule has 1 aromatic carbocycles. The van der Waals surface area contributed by atoms with Gasteiger partial charge in [-0.15, -0.1) is 0 Å². The molecule has 82 valence electrons. The summed E-state index contributed by atoms with van der Waals surface area (Å²) in [6, 6.07) is 8.27. The van der Waals surface area contributed by atoms with Gasteiger partial charge >= 0.3 is 0 Å². The third-order valence-electron chi connectivity index (χ3n) is 2.42. The monoisotopic (exact) mass is 317 g/mol. The van der Waals surface area contributed by atoms with E-state index in [0.717, 1.165) is 19.3 Å². The summed E-state index contributed by atoms with van der Waals surface area (Å²) in [5, 5.41) is 0. The Balaban J connectivity index is 2.57. The Bertz CT molecular complexity index is 327. The summed E-state index contributed by atoms with van der Waals surface area (Å²) < 4.78 is 1.25. The number of rotatable bonds is 5. The Morgan fingerprint density at radius 2 is 2.13 bits per heavy atom. The van der Waals surface area contributed by atoms with Crippen LogP contribution in [0.15, 0.2) is 24.3 Å². The van der Waals surface area contributed by atoms with E-state index >= 15 is 0 Å². The lowest BCUT2D eigenvalue weighted by Crippen LogP contribution is -2.21. The van der Waals surface area contributed by atoms with Crippen LogP contribution < -0.4 is 4.90 Å². The van der Waals surface area contributed by atoms with E-state index in [1.165, 1.54) is 9.26 Å². The van der Waals surface area contributed by atoms with Crippen LogP contribution in [-0.2, 0) is 4.79 Å². The predicted molar refractivity (Wildman–Crippen MR) is 72.3 cm³/mol. The highest BCUT2D eigenvalue weighted by atomic mass is 127. The predicted octanol–water partition coefficient (Wildman–Crippen LogP) is 2.95. The molecule has 0 N–H and O–H groups in total. The smallest absolute Gasteiger partial charge is 0.122 e. The molecule has 0 aliphatic carbocycles. The molecule has 0 amide bonds.